The lowest BCUT2D eigenvalue weighted by molar-refractivity contribution is -0.144. The van der Waals surface area contributed by atoms with Crippen LogP contribution < -0.4 is 5.32 Å². The highest BCUT2D eigenvalue weighted by atomic mass is 32.1. The number of amides is 2. The van der Waals surface area contributed by atoms with Gasteiger partial charge < -0.3 is 15.3 Å². The van der Waals surface area contributed by atoms with Crippen LogP contribution in [-0.2, 0) is 16.1 Å². The number of nitrogens with one attached hydrogen (secondary N) is 1. The van der Waals surface area contributed by atoms with Gasteiger partial charge in [-0.15, -0.1) is 11.3 Å². The van der Waals surface area contributed by atoms with Crippen LogP contribution in [0.25, 0.3) is 10.4 Å². The highest BCUT2D eigenvalue weighted by molar-refractivity contribution is 7.13. The fraction of sp³-hybridized carbons (Fsp3) is 0.500. The van der Waals surface area contributed by atoms with Gasteiger partial charge in [0.15, 0.2) is 0 Å². The van der Waals surface area contributed by atoms with Gasteiger partial charge >= 0.3 is 0 Å². The first-order chi connectivity index (χ1) is 13.7. The third-order valence-corrected chi connectivity index (χ3v) is 6.49. The molecule has 2 unspecified atom stereocenters. The quantitative estimate of drug-likeness (QED) is 0.786. The maximum absolute atomic E-state index is 12.9. The van der Waals surface area contributed by atoms with Crippen LogP contribution in [0.15, 0.2) is 36.0 Å². The zero-order chi connectivity index (χ0) is 21.2. The van der Waals surface area contributed by atoms with Crippen molar-refractivity contribution in [2.75, 3.05) is 6.54 Å². The monoisotopic (exact) mass is 415 g/mol. The summed E-state index contributed by atoms with van der Waals surface area (Å²) >= 11 is 1.58. The summed E-state index contributed by atoms with van der Waals surface area (Å²) in [6, 6.07) is 7.34. The number of thiazole rings is 1. The summed E-state index contributed by atoms with van der Waals surface area (Å²) < 4.78 is 0. The van der Waals surface area contributed by atoms with E-state index in [4.69, 9.17) is 0 Å². The molecule has 7 heteroatoms. The lowest BCUT2D eigenvalue weighted by Gasteiger charge is -2.32. The van der Waals surface area contributed by atoms with Crippen molar-refractivity contribution in [1.29, 1.82) is 0 Å². The van der Waals surface area contributed by atoms with Crippen molar-refractivity contribution in [2.45, 2.75) is 52.8 Å². The molecule has 0 spiro atoms. The number of hydrogen-bond donors (Lipinski definition) is 2. The molecular weight excluding hydrogens is 386 g/mol. The topological polar surface area (TPSA) is 82.5 Å². The van der Waals surface area contributed by atoms with Crippen molar-refractivity contribution in [3.05, 3.63) is 41.5 Å². The van der Waals surface area contributed by atoms with Gasteiger partial charge in [-0.2, -0.15) is 0 Å². The van der Waals surface area contributed by atoms with Gasteiger partial charge in [-0.05, 0) is 16.5 Å². The Kier molecular flexibility index (Phi) is 6.39. The van der Waals surface area contributed by atoms with Crippen molar-refractivity contribution in [3.8, 4) is 10.4 Å². The first kappa shape index (κ1) is 21.5. The number of likely N-dealkylation sites (tertiary alicyclic amines) is 1. The molecule has 1 aliphatic heterocycles. The molecule has 1 fully saturated rings. The van der Waals surface area contributed by atoms with Crippen molar-refractivity contribution in [1.82, 2.24) is 15.2 Å². The molecule has 2 N–H and O–H groups in total. The lowest BCUT2D eigenvalue weighted by Crippen LogP contribution is -2.49. The number of aliphatic hydroxyl groups excluding tert-OH is 1. The van der Waals surface area contributed by atoms with Gasteiger partial charge in [0.25, 0.3) is 0 Å². The van der Waals surface area contributed by atoms with Crippen molar-refractivity contribution in [2.24, 2.45) is 11.3 Å². The molecule has 29 heavy (non-hydrogen) atoms. The van der Waals surface area contributed by atoms with Gasteiger partial charge in [0.1, 0.15) is 6.04 Å². The molecule has 156 valence electrons. The van der Waals surface area contributed by atoms with Crippen LogP contribution >= 0.6 is 11.3 Å². The van der Waals surface area contributed by atoms with E-state index in [9.17, 15) is 14.7 Å². The Morgan fingerprint density at radius 3 is 2.59 bits per heavy atom. The second-order valence-corrected chi connectivity index (χ2v) is 9.65. The van der Waals surface area contributed by atoms with Crippen LogP contribution in [0.5, 0.6) is 0 Å². The molecule has 3 atom stereocenters. The highest BCUT2D eigenvalue weighted by Crippen LogP contribution is 2.30. The minimum atomic E-state index is -0.666. The van der Waals surface area contributed by atoms with Crippen molar-refractivity contribution >= 4 is 23.2 Å². The summed E-state index contributed by atoms with van der Waals surface area (Å²) in [4.78, 5) is 32.4. The minimum absolute atomic E-state index is 0.0805. The molecule has 1 saturated heterocycles. The number of hydrogen-bond acceptors (Lipinski definition) is 5. The van der Waals surface area contributed by atoms with Gasteiger partial charge in [0.05, 0.1) is 16.5 Å². The summed E-state index contributed by atoms with van der Waals surface area (Å²) in [5, 5.41) is 13.0. The van der Waals surface area contributed by atoms with Crippen molar-refractivity contribution < 1.29 is 14.7 Å². The molecule has 0 radical (unpaired) electrons. The molecule has 0 aliphatic carbocycles. The second-order valence-electron chi connectivity index (χ2n) is 8.76. The molecule has 3 rings (SSSR count). The normalized spacial score (nSPS) is 20.5. The zero-order valence-corrected chi connectivity index (χ0v) is 18.2. The Bertz CT molecular complexity index is 843. The minimum Gasteiger partial charge on any atom is -0.391 e. The van der Waals surface area contributed by atoms with Gasteiger partial charge in [-0.1, -0.05) is 52.0 Å². The summed E-state index contributed by atoms with van der Waals surface area (Å²) in [5.41, 5.74) is 3.67. The molecule has 2 amide bonds. The number of aromatic nitrogens is 1. The molecule has 1 aliphatic rings. The van der Waals surface area contributed by atoms with E-state index in [1.807, 2.05) is 58.2 Å². The number of benzene rings is 1. The largest absolute Gasteiger partial charge is 0.391 e. The first-order valence-electron chi connectivity index (χ1n) is 9.91. The van der Waals surface area contributed by atoms with E-state index in [2.05, 4.69) is 10.3 Å². The third-order valence-electron chi connectivity index (χ3n) is 5.67. The van der Waals surface area contributed by atoms with Crippen LogP contribution in [-0.4, -0.2) is 45.5 Å². The molecule has 0 saturated carbocycles. The Hall–Kier alpha value is -2.25. The van der Waals surface area contributed by atoms with Crippen LogP contribution in [0.4, 0.5) is 0 Å². The van der Waals surface area contributed by atoms with Crippen LogP contribution in [0.3, 0.4) is 0 Å². The number of β-amino-alcohol motifs (C(OH)–C–C–N with tert-alkyl or cyclic N) is 1. The van der Waals surface area contributed by atoms with Gasteiger partial charge in [0, 0.05) is 31.6 Å². The van der Waals surface area contributed by atoms with Crippen LogP contribution in [0.1, 0.15) is 39.7 Å². The van der Waals surface area contributed by atoms with Crippen molar-refractivity contribution in [3.63, 3.8) is 0 Å². The van der Waals surface area contributed by atoms with E-state index in [1.165, 1.54) is 0 Å². The lowest BCUT2D eigenvalue weighted by atomic mass is 9.81. The fourth-order valence-corrected chi connectivity index (χ4v) is 4.01. The summed E-state index contributed by atoms with van der Waals surface area (Å²) in [7, 11) is 0. The molecule has 1 aromatic carbocycles. The van der Waals surface area contributed by atoms with E-state index >= 15 is 0 Å². The smallest absolute Gasteiger partial charge is 0.243 e. The molecular formula is C22H29N3O3S. The van der Waals surface area contributed by atoms with E-state index in [1.54, 1.807) is 21.7 Å². The van der Waals surface area contributed by atoms with Crippen LogP contribution in [0, 0.1) is 11.3 Å². The molecule has 2 heterocycles. The number of nitrogens with zero attached hydrogens (tertiary/aromatic N) is 2. The second kappa shape index (κ2) is 8.63. The molecule has 2 aromatic rings. The number of carbonyl (C=O) groups is 2. The number of aliphatic hydroxyl groups is 1. The van der Waals surface area contributed by atoms with Gasteiger partial charge in [-0.25, -0.2) is 0 Å². The van der Waals surface area contributed by atoms with E-state index in [0.717, 1.165) is 16.0 Å². The zero-order valence-electron chi connectivity index (χ0n) is 17.4. The van der Waals surface area contributed by atoms with E-state index in [0.29, 0.717) is 6.54 Å². The Labute approximate surface area is 176 Å². The SMILES string of the molecule is CC(C(=O)N1C[C@H](O)CC1C(=O)NCc1ccc(-c2cncs2)cc1)C(C)(C)C. The van der Waals surface area contributed by atoms with Gasteiger partial charge in [-0.3, -0.25) is 14.6 Å². The third kappa shape index (κ3) is 5.03. The Balaban J connectivity index is 1.62. The first-order valence-corrected chi connectivity index (χ1v) is 10.8. The summed E-state index contributed by atoms with van der Waals surface area (Å²) in [5.74, 6) is -0.534. The van der Waals surface area contributed by atoms with Gasteiger partial charge in [0.2, 0.25) is 11.8 Å². The highest BCUT2D eigenvalue weighted by Gasteiger charge is 2.42. The fourth-order valence-electron chi connectivity index (χ4n) is 3.38. The predicted octanol–water partition coefficient (Wildman–Crippen LogP) is 3.07. The van der Waals surface area contributed by atoms with E-state index < -0.39 is 12.1 Å². The summed E-state index contributed by atoms with van der Waals surface area (Å²) in [6.45, 7) is 8.49. The Morgan fingerprint density at radius 1 is 1.31 bits per heavy atom. The average Bonchev–Trinajstić information content (AvgIpc) is 3.34. The maximum atomic E-state index is 12.9. The maximum Gasteiger partial charge on any atom is 0.243 e. The van der Waals surface area contributed by atoms with Crippen LogP contribution in [0.2, 0.25) is 0 Å². The Morgan fingerprint density at radius 2 is 2.00 bits per heavy atom. The summed E-state index contributed by atoms with van der Waals surface area (Å²) in [6.07, 6.45) is 1.44. The molecule has 6 nitrogen and oxygen atoms in total. The average molecular weight is 416 g/mol. The standard InChI is InChI=1S/C22H29N3O3S/c1-14(22(2,3)4)21(28)25-12-17(26)9-18(25)20(27)24-10-15-5-7-16(8-6-15)19-11-23-13-29-19/h5-8,11,13-14,17-18,26H,9-10,12H2,1-4H3,(H,24,27)/t14?,17-,18?/m1/s1. The predicted molar refractivity (Wildman–Crippen MR) is 114 cm³/mol. The van der Waals surface area contributed by atoms with E-state index in [-0.39, 0.29) is 36.1 Å². The number of carbonyl (C=O) groups excluding carboxylic acids is 2. The molecule has 1 aromatic heterocycles. The number of rotatable bonds is 5. The molecule has 0 bridgehead atoms.